The molecule has 0 radical (unpaired) electrons. The predicted molar refractivity (Wildman–Crippen MR) is 117 cm³/mol. The molecule has 2 unspecified atom stereocenters. The number of benzene rings is 2. The lowest BCUT2D eigenvalue weighted by Crippen LogP contribution is -2.32. The summed E-state index contributed by atoms with van der Waals surface area (Å²) in [5, 5.41) is 0. The second kappa shape index (κ2) is 9.45. The number of fused-ring (bicyclic) bond motifs is 1. The average Bonchev–Trinajstić information content (AvgIpc) is 2.74. The molecule has 1 aliphatic heterocycles. The standard InChI is InChI=1S/C21H21NO.2C2H6/c1-14-13-15(2)20-21(16(14)3)23-19-12-8-7-11-18(19)22(20)17-9-5-4-6-10-17;2*1-2/h4-13,15-16H,1-3H3;2*1-2H3. The number of para-hydroxylation sites is 3. The molecule has 0 amide bonds. The fraction of sp³-hybridized carbons (Fsp3) is 0.360. The van der Waals surface area contributed by atoms with Crippen LogP contribution in [-0.2, 0) is 0 Å². The van der Waals surface area contributed by atoms with Crippen molar-refractivity contribution in [1.82, 2.24) is 0 Å². The van der Waals surface area contributed by atoms with Gasteiger partial charge in [0.15, 0.2) is 5.75 Å². The van der Waals surface area contributed by atoms with Gasteiger partial charge < -0.3 is 9.64 Å². The molecule has 0 spiro atoms. The molecule has 0 aromatic heterocycles. The first kappa shape index (κ1) is 20.8. The van der Waals surface area contributed by atoms with E-state index in [4.69, 9.17) is 4.74 Å². The van der Waals surface area contributed by atoms with E-state index in [0.717, 1.165) is 17.2 Å². The molecule has 2 aromatic rings. The van der Waals surface area contributed by atoms with E-state index in [2.05, 4.69) is 80.3 Å². The Balaban J connectivity index is 0.000000614. The van der Waals surface area contributed by atoms with Crippen molar-refractivity contribution in [3.05, 3.63) is 77.7 Å². The number of hydrogen-bond donors (Lipinski definition) is 0. The normalized spacial score (nSPS) is 20.0. The molecule has 2 aliphatic rings. The molecular formula is C25H33NO. The van der Waals surface area contributed by atoms with Crippen LogP contribution < -0.4 is 9.64 Å². The maximum absolute atomic E-state index is 6.34. The van der Waals surface area contributed by atoms with Crippen molar-refractivity contribution in [2.24, 2.45) is 11.8 Å². The van der Waals surface area contributed by atoms with Crippen LogP contribution >= 0.6 is 0 Å². The Kier molecular flexibility index (Phi) is 7.29. The summed E-state index contributed by atoms with van der Waals surface area (Å²) in [6, 6.07) is 18.9. The molecule has 2 nitrogen and oxygen atoms in total. The topological polar surface area (TPSA) is 12.5 Å². The van der Waals surface area contributed by atoms with E-state index in [1.54, 1.807) is 0 Å². The molecule has 2 heteroatoms. The zero-order valence-corrected chi connectivity index (χ0v) is 17.8. The van der Waals surface area contributed by atoms with E-state index in [0.29, 0.717) is 11.8 Å². The fourth-order valence-electron chi connectivity index (χ4n) is 3.56. The SMILES string of the molecule is CC.CC.CC1=CC(C)C2=C(Oc3ccccc3N2c2ccccc2)C1C. The summed E-state index contributed by atoms with van der Waals surface area (Å²) in [5.41, 5.74) is 4.93. The average molecular weight is 364 g/mol. The predicted octanol–water partition coefficient (Wildman–Crippen LogP) is 7.71. The summed E-state index contributed by atoms with van der Waals surface area (Å²) in [5.74, 6) is 2.65. The molecule has 0 N–H and O–H groups in total. The third kappa shape index (κ3) is 3.95. The molecule has 0 fully saturated rings. The molecule has 0 saturated carbocycles. The van der Waals surface area contributed by atoms with Crippen molar-refractivity contribution in [1.29, 1.82) is 0 Å². The summed E-state index contributed by atoms with van der Waals surface area (Å²) in [6.07, 6.45) is 2.36. The zero-order valence-electron chi connectivity index (χ0n) is 17.8. The summed E-state index contributed by atoms with van der Waals surface area (Å²) in [4.78, 5) is 2.36. The lowest BCUT2D eigenvalue weighted by atomic mass is 9.85. The van der Waals surface area contributed by atoms with E-state index in [1.165, 1.54) is 17.0 Å². The van der Waals surface area contributed by atoms with Crippen molar-refractivity contribution in [3.8, 4) is 5.75 Å². The first-order valence-electron chi connectivity index (χ1n) is 10.2. The van der Waals surface area contributed by atoms with E-state index in [9.17, 15) is 0 Å². The number of nitrogens with zero attached hydrogens (tertiary/aromatic N) is 1. The lowest BCUT2D eigenvalue weighted by molar-refractivity contribution is 0.346. The molecule has 1 heterocycles. The Labute approximate surface area is 165 Å². The Morgan fingerprint density at radius 1 is 0.815 bits per heavy atom. The Morgan fingerprint density at radius 3 is 2.07 bits per heavy atom. The third-order valence-corrected chi connectivity index (χ3v) is 4.85. The van der Waals surface area contributed by atoms with Gasteiger partial charge in [0.1, 0.15) is 5.76 Å². The van der Waals surface area contributed by atoms with Crippen molar-refractivity contribution in [2.45, 2.75) is 48.5 Å². The van der Waals surface area contributed by atoms with Gasteiger partial charge in [-0.15, -0.1) is 0 Å². The summed E-state index contributed by atoms with van der Waals surface area (Å²) in [6.45, 7) is 14.7. The summed E-state index contributed by atoms with van der Waals surface area (Å²) >= 11 is 0. The summed E-state index contributed by atoms with van der Waals surface area (Å²) < 4.78 is 6.34. The smallest absolute Gasteiger partial charge is 0.151 e. The van der Waals surface area contributed by atoms with Crippen LogP contribution in [-0.4, -0.2) is 0 Å². The van der Waals surface area contributed by atoms with Gasteiger partial charge in [0.05, 0.1) is 11.4 Å². The van der Waals surface area contributed by atoms with E-state index in [1.807, 2.05) is 33.8 Å². The van der Waals surface area contributed by atoms with Crippen LogP contribution in [0.2, 0.25) is 0 Å². The van der Waals surface area contributed by atoms with E-state index < -0.39 is 0 Å². The van der Waals surface area contributed by atoms with E-state index in [-0.39, 0.29) is 0 Å². The van der Waals surface area contributed by atoms with Crippen LogP contribution in [0.15, 0.2) is 77.7 Å². The highest BCUT2D eigenvalue weighted by molar-refractivity contribution is 5.76. The number of allylic oxidation sites excluding steroid dienone is 2. The molecule has 0 saturated heterocycles. The molecule has 2 atom stereocenters. The highest BCUT2D eigenvalue weighted by Gasteiger charge is 2.35. The molecule has 0 bridgehead atoms. The van der Waals surface area contributed by atoms with Gasteiger partial charge in [0, 0.05) is 17.5 Å². The van der Waals surface area contributed by atoms with Gasteiger partial charge in [-0.25, -0.2) is 0 Å². The minimum atomic E-state index is 0.306. The van der Waals surface area contributed by atoms with Gasteiger partial charge in [-0.05, 0) is 31.2 Å². The van der Waals surface area contributed by atoms with Gasteiger partial charge in [0.2, 0.25) is 0 Å². The van der Waals surface area contributed by atoms with E-state index >= 15 is 0 Å². The van der Waals surface area contributed by atoms with Gasteiger partial charge in [-0.3, -0.25) is 0 Å². The van der Waals surface area contributed by atoms with Crippen molar-refractivity contribution < 1.29 is 4.74 Å². The summed E-state index contributed by atoms with van der Waals surface area (Å²) in [7, 11) is 0. The second-order valence-electron chi connectivity index (χ2n) is 6.41. The van der Waals surface area contributed by atoms with Crippen molar-refractivity contribution in [2.75, 3.05) is 4.90 Å². The maximum atomic E-state index is 6.34. The van der Waals surface area contributed by atoms with Crippen LogP contribution in [0.3, 0.4) is 0 Å². The molecule has 144 valence electrons. The molecule has 4 rings (SSSR count). The number of hydrogen-bond acceptors (Lipinski definition) is 2. The lowest BCUT2D eigenvalue weighted by Gasteiger charge is -2.41. The monoisotopic (exact) mass is 363 g/mol. The number of anilines is 2. The molecule has 2 aromatic carbocycles. The highest BCUT2D eigenvalue weighted by atomic mass is 16.5. The Hall–Kier alpha value is -2.48. The van der Waals surface area contributed by atoms with Crippen LogP contribution in [0.4, 0.5) is 11.4 Å². The Bertz CT molecular complexity index is 804. The maximum Gasteiger partial charge on any atom is 0.151 e. The van der Waals surface area contributed by atoms with Gasteiger partial charge >= 0.3 is 0 Å². The quantitative estimate of drug-likeness (QED) is 0.481. The van der Waals surface area contributed by atoms with Crippen LogP contribution in [0.25, 0.3) is 0 Å². The number of ether oxygens (including phenoxy) is 1. The van der Waals surface area contributed by atoms with Crippen molar-refractivity contribution >= 4 is 11.4 Å². The minimum Gasteiger partial charge on any atom is -0.457 e. The number of rotatable bonds is 1. The first-order chi connectivity index (χ1) is 13.2. The highest BCUT2D eigenvalue weighted by Crippen LogP contribution is 2.48. The molecular weight excluding hydrogens is 330 g/mol. The van der Waals surface area contributed by atoms with Gasteiger partial charge in [-0.1, -0.05) is 83.5 Å². The third-order valence-electron chi connectivity index (χ3n) is 4.85. The zero-order chi connectivity index (χ0) is 20.0. The van der Waals surface area contributed by atoms with Crippen LogP contribution in [0, 0.1) is 11.8 Å². The fourth-order valence-corrected chi connectivity index (χ4v) is 3.56. The minimum absolute atomic E-state index is 0.306. The van der Waals surface area contributed by atoms with Gasteiger partial charge in [-0.2, -0.15) is 0 Å². The van der Waals surface area contributed by atoms with Crippen LogP contribution in [0.5, 0.6) is 5.75 Å². The van der Waals surface area contributed by atoms with Crippen LogP contribution in [0.1, 0.15) is 48.5 Å². The first-order valence-corrected chi connectivity index (χ1v) is 10.2. The van der Waals surface area contributed by atoms with Gasteiger partial charge in [0.25, 0.3) is 0 Å². The van der Waals surface area contributed by atoms with Crippen molar-refractivity contribution in [3.63, 3.8) is 0 Å². The molecule has 27 heavy (non-hydrogen) atoms. The molecule has 1 aliphatic carbocycles. The second-order valence-corrected chi connectivity index (χ2v) is 6.41. The largest absolute Gasteiger partial charge is 0.457 e. The Morgan fingerprint density at radius 2 is 1.41 bits per heavy atom.